The van der Waals surface area contributed by atoms with Crippen molar-refractivity contribution < 1.29 is 30.6 Å². The van der Waals surface area contributed by atoms with E-state index in [-0.39, 0.29) is 38.2 Å². The smallest absolute Gasteiger partial charge is 0.293 e. The van der Waals surface area contributed by atoms with Gasteiger partial charge >= 0.3 is 0 Å². The molecule has 0 unspecified atom stereocenters. The summed E-state index contributed by atoms with van der Waals surface area (Å²) in [6.07, 6.45) is 0. The standard InChI is InChI=1S/2C20H16O2S2.C20H14O2S2.3IPS/c3*21-15-9-5-13(6-10-15)19-20(14-7-11-16(22)12-8-14)24-18-4-2-1-3-17(18)23-19;3*1-2-3/h2*1-12,19-22H;1-12,21-22H;;;/t19-,20+;19-,20-;;;;/m.0..../s1/i/hT3. The molecule has 0 aliphatic carbocycles. The largest absolute Gasteiger partial charge is 0.508 e. The van der Waals surface area contributed by atoms with E-state index in [1.54, 1.807) is 72.1 Å². The molecule has 81 heavy (non-hydrogen) atoms. The highest BCUT2D eigenvalue weighted by Crippen LogP contribution is 2.61. The lowest BCUT2D eigenvalue weighted by atomic mass is 10.0. The first-order valence-corrected chi connectivity index (χ1v) is 43.1. The van der Waals surface area contributed by atoms with Gasteiger partial charge in [-0.15, -0.1) is 47.0 Å². The van der Waals surface area contributed by atoms with Gasteiger partial charge < -0.3 is 30.6 Å². The van der Waals surface area contributed by atoms with E-state index in [1.807, 2.05) is 156 Å². The molecule has 0 saturated heterocycles. The second kappa shape index (κ2) is 34.5. The maximum Gasteiger partial charge on any atom is 0.293 e. The Morgan fingerprint density at radius 1 is 0.309 bits per heavy atom. The fourth-order valence-corrected chi connectivity index (χ4v) is 16.7. The van der Waals surface area contributed by atoms with Crippen LogP contribution in [0.3, 0.4) is 0 Å². The lowest BCUT2D eigenvalue weighted by Gasteiger charge is -2.32. The van der Waals surface area contributed by atoms with Crippen LogP contribution < -0.4 is 0 Å². The zero-order valence-corrected chi connectivity index (χ0v) is 58.3. The molecule has 0 aromatic heterocycles. The van der Waals surface area contributed by atoms with Crippen LogP contribution in [-0.2, 0) is 35.4 Å². The highest BCUT2D eigenvalue weighted by atomic mass is 127. The number of phenols is 6. The molecule has 412 valence electrons. The maximum absolute atomic E-state index is 9.61. The van der Waals surface area contributed by atoms with Crippen molar-refractivity contribution in [2.75, 3.05) is 0 Å². The Kier molecular flexibility index (Phi) is 26.2. The third kappa shape index (κ3) is 19.4. The average molecular weight is 1630 g/mol. The number of benzene rings is 9. The topological polar surface area (TPSA) is 121 Å². The number of hydrogen-bond acceptors (Lipinski definition) is 15. The monoisotopic (exact) mass is 1630 g/mol. The lowest BCUT2D eigenvalue weighted by Crippen LogP contribution is -2.09. The van der Waals surface area contributed by atoms with E-state index in [4.69, 9.17) is 4.29 Å². The Bertz CT molecular complexity index is 3430. The number of hydrogen-bond donors (Lipinski definition) is 6. The SMILES string of the molecule is S=PI.S=PI.S=PI.[3H]Oc1ccc(C2=C(c3ccc(O)cc3)Sc3ccccc3S2)cc1.[3H]Oc1ccc([C@@H]2Sc3ccccc3S[C@@H]2c2ccc(O)cc2)cc1.[3H]Oc1ccc([C@@H]2Sc3ccccc3S[C@H]2c2ccc(O)cc2)cc1. The van der Waals surface area contributed by atoms with Gasteiger partial charge in [-0.25, -0.2) is 0 Å². The van der Waals surface area contributed by atoms with Crippen molar-refractivity contribution in [1.29, 1.82) is 4.29 Å². The Hall–Kier alpha value is -2.63. The number of thioether (sulfide) groups is 6. The van der Waals surface area contributed by atoms with Crippen molar-refractivity contribution in [2.24, 2.45) is 0 Å². The molecule has 12 rings (SSSR count). The van der Waals surface area contributed by atoms with Crippen LogP contribution in [0.2, 0.25) is 0 Å². The Labute approximate surface area is 561 Å². The quantitative estimate of drug-likeness (QED) is 0.0607. The molecule has 6 nitrogen and oxygen atoms in total. The second-order valence-electron chi connectivity index (χ2n) is 17.0. The minimum absolute atomic E-state index is 0.239. The summed E-state index contributed by atoms with van der Waals surface area (Å²) in [6.45, 7) is 0. The van der Waals surface area contributed by atoms with Gasteiger partial charge in [0.25, 0.3) is 4.29 Å². The van der Waals surface area contributed by atoms with Crippen LogP contribution in [0.4, 0.5) is 0 Å². The maximum atomic E-state index is 9.61. The number of aromatic hydroxyl groups is 6. The molecular formula is C60H46I3O6P3S9. The Morgan fingerprint density at radius 2 is 0.506 bits per heavy atom. The molecule has 0 bridgehead atoms. The highest BCUT2D eigenvalue weighted by Gasteiger charge is 2.34. The van der Waals surface area contributed by atoms with Gasteiger partial charge in [0, 0.05) is 54.2 Å². The van der Waals surface area contributed by atoms with Crippen molar-refractivity contribution in [3.05, 3.63) is 252 Å². The minimum atomic E-state index is 0.239. The number of fused-ring (bicyclic) bond motifs is 3. The summed E-state index contributed by atoms with van der Waals surface area (Å²) in [4.78, 5) is 12.8. The van der Waals surface area contributed by atoms with E-state index >= 15 is 0 Å². The summed E-state index contributed by atoms with van der Waals surface area (Å²) in [6, 6.07) is 70.6. The fourth-order valence-electron chi connectivity index (χ4n) is 8.23. The van der Waals surface area contributed by atoms with Crippen molar-refractivity contribution in [3.63, 3.8) is 0 Å². The molecule has 9 aromatic rings. The van der Waals surface area contributed by atoms with Crippen LogP contribution in [-0.4, -0.2) is 34.9 Å². The van der Waals surface area contributed by atoms with Crippen LogP contribution in [0.15, 0.2) is 248 Å². The van der Waals surface area contributed by atoms with Gasteiger partial charge in [-0.05, 0) is 244 Å². The van der Waals surface area contributed by atoms with Gasteiger partial charge in [0.1, 0.15) is 34.5 Å². The number of halogens is 3. The summed E-state index contributed by atoms with van der Waals surface area (Å²) in [5.41, 5.74) is 6.93. The normalized spacial score (nSPS) is 16.9. The minimum Gasteiger partial charge on any atom is -0.508 e. The molecule has 0 radical (unpaired) electrons. The zero-order valence-electron chi connectivity index (χ0n) is 44.8. The van der Waals surface area contributed by atoms with Gasteiger partial charge in [-0.1, -0.05) is 133 Å². The van der Waals surface area contributed by atoms with Gasteiger partial charge in [0.2, 0.25) is 0 Å². The Morgan fingerprint density at radius 3 is 0.741 bits per heavy atom. The first-order chi connectivity index (χ1) is 41.0. The van der Waals surface area contributed by atoms with Crippen molar-refractivity contribution in [1.82, 2.24) is 0 Å². The molecule has 21 heteroatoms. The van der Waals surface area contributed by atoms with Crippen molar-refractivity contribution in [2.45, 2.75) is 50.4 Å². The van der Waals surface area contributed by atoms with E-state index in [2.05, 4.69) is 178 Å². The zero-order chi connectivity index (χ0) is 59.8. The summed E-state index contributed by atoms with van der Waals surface area (Å²) < 4.78 is 21.0. The molecule has 3 aliphatic rings. The summed E-state index contributed by atoms with van der Waals surface area (Å²) in [5.74, 6) is 2.43. The lowest BCUT2D eigenvalue weighted by molar-refractivity contribution is 0.474. The van der Waals surface area contributed by atoms with E-state index in [0.717, 1.165) is 35.9 Å². The molecule has 4 atom stereocenters. The Balaban J connectivity index is 0.000000169. The van der Waals surface area contributed by atoms with Gasteiger partial charge in [0.05, 0.1) is 21.0 Å². The third-order valence-electron chi connectivity index (χ3n) is 11.8. The second-order valence-corrected chi connectivity index (χ2v) is 36.1. The number of phenolic OH excluding ortho intramolecular Hbond substituents is 6. The van der Waals surface area contributed by atoms with Crippen LogP contribution in [0.25, 0.3) is 9.81 Å². The molecule has 0 saturated carbocycles. The van der Waals surface area contributed by atoms with E-state index in [9.17, 15) is 15.3 Å². The average Bonchev–Trinajstić information content (AvgIpc) is 3.44. The van der Waals surface area contributed by atoms with Crippen LogP contribution in [0.1, 0.15) is 54.4 Å². The molecule has 0 spiro atoms. The predicted molar refractivity (Wildman–Crippen MR) is 386 cm³/mol. The fraction of sp³-hybridized carbons (Fsp3) is 0.0667. The molecule has 6 N–H and O–H groups in total. The molecule has 3 heterocycles. The summed E-state index contributed by atoms with van der Waals surface area (Å²) in [5, 5.41) is 43.4. The molecule has 3 aliphatic heterocycles. The van der Waals surface area contributed by atoms with Crippen LogP contribution in [0, 0.1) is 0 Å². The third-order valence-corrected chi connectivity index (χ3v) is 20.8. The van der Waals surface area contributed by atoms with Crippen molar-refractivity contribution >= 4 is 197 Å². The van der Waals surface area contributed by atoms with E-state index < -0.39 is 0 Å². The van der Waals surface area contributed by atoms with E-state index in [0.29, 0.717) is 17.2 Å². The van der Waals surface area contributed by atoms with Gasteiger partial charge in [-0.3, -0.25) is 0 Å². The first kappa shape index (κ1) is 61.5. The molecule has 9 aromatic carbocycles. The predicted octanol–water partition coefficient (Wildman–Crippen LogP) is 22.6. The summed E-state index contributed by atoms with van der Waals surface area (Å²) >= 11 is 30.2. The van der Waals surface area contributed by atoms with Crippen molar-refractivity contribution in [3.8, 4) is 34.5 Å². The van der Waals surface area contributed by atoms with E-state index in [1.165, 1.54) is 51.6 Å². The first-order valence-electron chi connectivity index (χ1n) is 25.1. The van der Waals surface area contributed by atoms with Crippen LogP contribution >= 0.6 is 152 Å². The van der Waals surface area contributed by atoms with Gasteiger partial charge in [0.15, 0.2) is 0 Å². The molecule has 0 fully saturated rings. The number of rotatable bonds is 9. The molecular weight excluding hydrogens is 1580 g/mol. The van der Waals surface area contributed by atoms with Gasteiger partial charge in [-0.2, -0.15) is 0 Å². The molecule has 0 amide bonds. The summed E-state index contributed by atoms with van der Waals surface area (Å²) in [7, 11) is 0. The highest BCUT2D eigenvalue weighted by molar-refractivity contribution is 14.2. The van der Waals surface area contributed by atoms with Crippen LogP contribution in [0.5, 0.6) is 34.5 Å².